The fourth-order valence-corrected chi connectivity index (χ4v) is 2.17. The third kappa shape index (κ3) is 2.92. The SMILES string of the molecule is CC(C(N)=S)N(C)C1CCCCC1. The molecule has 0 aliphatic heterocycles. The number of nitrogens with zero attached hydrogens (tertiary/aromatic N) is 1. The highest BCUT2D eigenvalue weighted by molar-refractivity contribution is 7.80. The number of likely N-dealkylation sites (N-methyl/N-ethyl adjacent to an activating group) is 1. The Kier molecular flexibility index (Phi) is 4.13. The molecule has 1 fully saturated rings. The Hall–Kier alpha value is -0.150. The molecule has 0 aromatic carbocycles. The molecule has 2 nitrogen and oxygen atoms in total. The highest BCUT2D eigenvalue weighted by atomic mass is 32.1. The summed E-state index contributed by atoms with van der Waals surface area (Å²) in [5.74, 6) is 0. The summed E-state index contributed by atoms with van der Waals surface area (Å²) in [4.78, 5) is 2.95. The Morgan fingerprint density at radius 2 is 1.92 bits per heavy atom. The monoisotopic (exact) mass is 200 g/mol. The van der Waals surface area contributed by atoms with Gasteiger partial charge in [-0.25, -0.2) is 0 Å². The van der Waals surface area contributed by atoms with Gasteiger partial charge in [-0.15, -0.1) is 0 Å². The van der Waals surface area contributed by atoms with Gasteiger partial charge in [-0.1, -0.05) is 31.5 Å². The van der Waals surface area contributed by atoms with Gasteiger partial charge >= 0.3 is 0 Å². The first-order chi connectivity index (χ1) is 6.13. The number of hydrogen-bond donors (Lipinski definition) is 1. The van der Waals surface area contributed by atoms with E-state index in [4.69, 9.17) is 18.0 Å². The lowest BCUT2D eigenvalue weighted by atomic mass is 9.94. The zero-order chi connectivity index (χ0) is 9.84. The van der Waals surface area contributed by atoms with Crippen LogP contribution in [0.25, 0.3) is 0 Å². The van der Waals surface area contributed by atoms with Gasteiger partial charge in [0.1, 0.15) is 0 Å². The molecular formula is C10H20N2S. The molecule has 1 aliphatic rings. The molecule has 0 bridgehead atoms. The van der Waals surface area contributed by atoms with Gasteiger partial charge in [0.2, 0.25) is 0 Å². The van der Waals surface area contributed by atoms with Gasteiger partial charge in [0, 0.05) is 6.04 Å². The highest BCUT2D eigenvalue weighted by Gasteiger charge is 2.22. The summed E-state index contributed by atoms with van der Waals surface area (Å²) in [6.45, 7) is 2.09. The van der Waals surface area contributed by atoms with Crippen LogP contribution in [0.5, 0.6) is 0 Å². The Morgan fingerprint density at radius 3 is 2.38 bits per heavy atom. The van der Waals surface area contributed by atoms with Crippen molar-refractivity contribution in [2.24, 2.45) is 5.73 Å². The second-order valence-electron chi connectivity index (χ2n) is 4.04. The minimum absolute atomic E-state index is 0.248. The predicted molar refractivity (Wildman–Crippen MR) is 60.9 cm³/mol. The maximum atomic E-state index is 5.63. The molecule has 0 radical (unpaired) electrons. The number of hydrogen-bond acceptors (Lipinski definition) is 2. The molecule has 0 saturated heterocycles. The molecule has 2 N–H and O–H groups in total. The van der Waals surface area contributed by atoms with Crippen LogP contribution in [-0.4, -0.2) is 29.0 Å². The zero-order valence-electron chi connectivity index (χ0n) is 8.62. The van der Waals surface area contributed by atoms with Gasteiger partial charge in [-0.2, -0.15) is 0 Å². The Morgan fingerprint density at radius 1 is 1.38 bits per heavy atom. The van der Waals surface area contributed by atoms with E-state index in [0.29, 0.717) is 11.0 Å². The van der Waals surface area contributed by atoms with Crippen molar-refractivity contribution in [1.82, 2.24) is 4.90 Å². The van der Waals surface area contributed by atoms with Gasteiger partial charge in [-0.05, 0) is 26.8 Å². The maximum absolute atomic E-state index is 5.63. The van der Waals surface area contributed by atoms with Crippen LogP contribution in [0.15, 0.2) is 0 Å². The molecule has 0 spiro atoms. The van der Waals surface area contributed by atoms with Gasteiger partial charge in [-0.3, -0.25) is 4.90 Å². The average molecular weight is 200 g/mol. The molecule has 1 rings (SSSR count). The van der Waals surface area contributed by atoms with Crippen LogP contribution in [0, 0.1) is 0 Å². The molecule has 76 valence electrons. The normalized spacial score (nSPS) is 21.8. The van der Waals surface area contributed by atoms with Crippen molar-refractivity contribution in [2.75, 3.05) is 7.05 Å². The third-order valence-electron chi connectivity index (χ3n) is 3.17. The van der Waals surface area contributed by atoms with Crippen LogP contribution in [-0.2, 0) is 0 Å². The third-order valence-corrected chi connectivity index (χ3v) is 3.51. The topological polar surface area (TPSA) is 29.3 Å². The fourth-order valence-electron chi connectivity index (χ4n) is 2.01. The smallest absolute Gasteiger partial charge is 0.0899 e. The van der Waals surface area contributed by atoms with Gasteiger partial charge in [0.05, 0.1) is 11.0 Å². The molecule has 1 saturated carbocycles. The summed E-state index contributed by atoms with van der Waals surface area (Å²) in [6.07, 6.45) is 6.73. The number of rotatable bonds is 3. The second kappa shape index (κ2) is 4.91. The van der Waals surface area contributed by atoms with E-state index in [1.54, 1.807) is 0 Å². The van der Waals surface area contributed by atoms with E-state index in [2.05, 4.69) is 18.9 Å². The molecule has 0 aromatic heterocycles. The summed E-state index contributed by atoms with van der Waals surface area (Å²) < 4.78 is 0. The Balaban J connectivity index is 2.44. The van der Waals surface area contributed by atoms with E-state index in [-0.39, 0.29) is 6.04 Å². The van der Waals surface area contributed by atoms with Crippen LogP contribution in [0.4, 0.5) is 0 Å². The van der Waals surface area contributed by atoms with Gasteiger partial charge < -0.3 is 5.73 Å². The standard InChI is InChI=1S/C10H20N2S/c1-8(10(11)13)12(2)9-6-4-3-5-7-9/h8-9H,3-7H2,1-2H3,(H2,11,13). The largest absolute Gasteiger partial charge is 0.392 e. The Labute approximate surface area is 86.5 Å². The summed E-state index contributed by atoms with van der Waals surface area (Å²) >= 11 is 5.00. The summed E-state index contributed by atoms with van der Waals surface area (Å²) in [5, 5.41) is 0. The van der Waals surface area contributed by atoms with Gasteiger partial charge in [0.15, 0.2) is 0 Å². The molecule has 13 heavy (non-hydrogen) atoms. The molecule has 0 aromatic rings. The minimum Gasteiger partial charge on any atom is -0.392 e. The summed E-state index contributed by atoms with van der Waals surface area (Å²) in [5.41, 5.74) is 5.63. The van der Waals surface area contributed by atoms with E-state index < -0.39 is 0 Å². The average Bonchev–Trinajstić information content (AvgIpc) is 2.17. The first-order valence-corrected chi connectivity index (χ1v) is 5.55. The van der Waals surface area contributed by atoms with E-state index in [1.807, 2.05) is 0 Å². The van der Waals surface area contributed by atoms with Crippen molar-refractivity contribution >= 4 is 17.2 Å². The first-order valence-electron chi connectivity index (χ1n) is 5.14. The molecule has 0 heterocycles. The van der Waals surface area contributed by atoms with E-state index >= 15 is 0 Å². The zero-order valence-corrected chi connectivity index (χ0v) is 9.44. The minimum atomic E-state index is 0.248. The van der Waals surface area contributed by atoms with Crippen LogP contribution in [0.2, 0.25) is 0 Å². The number of thiocarbonyl (C=S) groups is 1. The molecule has 1 atom stereocenters. The Bertz CT molecular complexity index is 176. The van der Waals surface area contributed by atoms with Crippen molar-refractivity contribution in [3.05, 3.63) is 0 Å². The lowest BCUT2D eigenvalue weighted by Gasteiger charge is -2.35. The van der Waals surface area contributed by atoms with Crippen molar-refractivity contribution in [1.29, 1.82) is 0 Å². The van der Waals surface area contributed by atoms with Crippen LogP contribution in [0.1, 0.15) is 39.0 Å². The highest BCUT2D eigenvalue weighted by Crippen LogP contribution is 2.22. The number of nitrogens with two attached hydrogens (primary N) is 1. The second-order valence-corrected chi connectivity index (χ2v) is 4.51. The molecule has 1 unspecified atom stereocenters. The van der Waals surface area contributed by atoms with Crippen molar-refractivity contribution < 1.29 is 0 Å². The van der Waals surface area contributed by atoms with E-state index in [1.165, 1.54) is 32.1 Å². The first kappa shape index (κ1) is 10.9. The molecular weight excluding hydrogens is 180 g/mol. The van der Waals surface area contributed by atoms with Crippen LogP contribution in [0.3, 0.4) is 0 Å². The van der Waals surface area contributed by atoms with Crippen molar-refractivity contribution in [2.45, 2.75) is 51.1 Å². The van der Waals surface area contributed by atoms with E-state index in [0.717, 1.165) is 0 Å². The quantitative estimate of drug-likeness (QED) is 0.706. The lowest BCUT2D eigenvalue weighted by Crippen LogP contribution is -2.45. The summed E-state index contributed by atoms with van der Waals surface area (Å²) in [7, 11) is 2.14. The van der Waals surface area contributed by atoms with Crippen molar-refractivity contribution in [3.8, 4) is 0 Å². The van der Waals surface area contributed by atoms with Gasteiger partial charge in [0.25, 0.3) is 0 Å². The fraction of sp³-hybridized carbons (Fsp3) is 0.900. The lowest BCUT2D eigenvalue weighted by molar-refractivity contribution is 0.177. The van der Waals surface area contributed by atoms with Crippen molar-refractivity contribution in [3.63, 3.8) is 0 Å². The van der Waals surface area contributed by atoms with Crippen LogP contribution < -0.4 is 5.73 Å². The summed E-state index contributed by atoms with van der Waals surface area (Å²) in [6, 6.07) is 0.948. The maximum Gasteiger partial charge on any atom is 0.0899 e. The molecule has 0 amide bonds. The predicted octanol–water partition coefficient (Wildman–Crippen LogP) is 1.93. The molecule has 1 aliphatic carbocycles. The van der Waals surface area contributed by atoms with E-state index in [9.17, 15) is 0 Å². The van der Waals surface area contributed by atoms with Crippen LogP contribution >= 0.6 is 12.2 Å². The molecule has 3 heteroatoms.